The zero-order chi connectivity index (χ0) is 17.0. The van der Waals surface area contributed by atoms with Crippen molar-refractivity contribution in [1.82, 2.24) is 20.1 Å². The van der Waals surface area contributed by atoms with Crippen LogP contribution in [0.1, 0.15) is 11.1 Å². The third-order valence-corrected chi connectivity index (χ3v) is 2.83. The highest BCUT2D eigenvalue weighted by Crippen LogP contribution is 2.31. The van der Waals surface area contributed by atoms with Crippen LogP contribution in [-0.4, -0.2) is 25.6 Å². The maximum Gasteiger partial charge on any atom is 0.418 e. The summed E-state index contributed by atoms with van der Waals surface area (Å²) in [5.41, 5.74) is -1.35. The molecule has 0 bridgehead atoms. The van der Waals surface area contributed by atoms with E-state index in [1.165, 1.54) is 6.20 Å². The fourth-order valence-corrected chi connectivity index (χ4v) is 1.76. The lowest BCUT2D eigenvalue weighted by atomic mass is 10.1. The average Bonchev–Trinajstić information content (AvgIpc) is 2.93. The van der Waals surface area contributed by atoms with Crippen LogP contribution in [0, 0.1) is 10.1 Å². The molecular weight excluding hydrogens is 319 g/mol. The van der Waals surface area contributed by atoms with E-state index in [0.29, 0.717) is 6.20 Å². The average molecular weight is 329 g/mol. The summed E-state index contributed by atoms with van der Waals surface area (Å²) >= 11 is 0. The quantitative estimate of drug-likeness (QED) is 0.662. The number of nitrogens with zero attached hydrogens (tertiary/aromatic N) is 4. The molecule has 8 nitrogen and oxygen atoms in total. The lowest BCUT2D eigenvalue weighted by Gasteiger charge is -2.12. The molecule has 23 heavy (non-hydrogen) atoms. The number of nitro groups is 1. The Morgan fingerprint density at radius 3 is 2.74 bits per heavy atom. The van der Waals surface area contributed by atoms with Gasteiger partial charge in [0.1, 0.15) is 18.9 Å². The van der Waals surface area contributed by atoms with Crippen LogP contribution in [0.4, 0.5) is 18.9 Å². The van der Waals surface area contributed by atoms with Gasteiger partial charge in [-0.2, -0.15) is 18.3 Å². The molecular formula is C12H10F3N5O3. The monoisotopic (exact) mass is 329 g/mol. The van der Waals surface area contributed by atoms with Crippen molar-refractivity contribution in [1.29, 1.82) is 0 Å². The number of alkyl halides is 3. The first-order valence-corrected chi connectivity index (χ1v) is 6.21. The van der Waals surface area contributed by atoms with Crippen molar-refractivity contribution in [3.63, 3.8) is 0 Å². The number of halogens is 3. The smallest absolute Gasteiger partial charge is 0.350 e. The van der Waals surface area contributed by atoms with E-state index >= 15 is 0 Å². The highest BCUT2D eigenvalue weighted by Gasteiger charge is 2.33. The van der Waals surface area contributed by atoms with E-state index in [9.17, 15) is 28.1 Å². The Labute approximate surface area is 127 Å². The number of nitrogens with one attached hydrogen (secondary N) is 1. The van der Waals surface area contributed by atoms with Crippen LogP contribution in [0.25, 0.3) is 0 Å². The summed E-state index contributed by atoms with van der Waals surface area (Å²) < 4.78 is 39.3. The van der Waals surface area contributed by atoms with E-state index in [0.717, 1.165) is 23.1 Å². The lowest BCUT2D eigenvalue weighted by Crippen LogP contribution is -2.28. The summed E-state index contributed by atoms with van der Waals surface area (Å²) in [6.07, 6.45) is -0.687. The number of hydrogen-bond donors (Lipinski definition) is 1. The Morgan fingerprint density at radius 1 is 1.39 bits per heavy atom. The first-order valence-electron chi connectivity index (χ1n) is 6.21. The minimum Gasteiger partial charge on any atom is -0.350 e. The summed E-state index contributed by atoms with van der Waals surface area (Å²) in [4.78, 5) is 24.9. The van der Waals surface area contributed by atoms with Crippen LogP contribution in [0.5, 0.6) is 0 Å². The number of carbonyl (C=O) groups is 1. The van der Waals surface area contributed by atoms with Gasteiger partial charge in [0.15, 0.2) is 0 Å². The first kappa shape index (κ1) is 16.4. The van der Waals surface area contributed by atoms with Crippen molar-refractivity contribution in [2.24, 2.45) is 0 Å². The number of rotatable bonds is 5. The van der Waals surface area contributed by atoms with Gasteiger partial charge in [-0.15, -0.1) is 0 Å². The maximum atomic E-state index is 12.8. The number of pyridine rings is 1. The summed E-state index contributed by atoms with van der Waals surface area (Å²) in [6, 6.07) is 1.15. The first-order chi connectivity index (χ1) is 10.8. The van der Waals surface area contributed by atoms with Gasteiger partial charge in [0.05, 0.1) is 10.5 Å². The largest absolute Gasteiger partial charge is 0.418 e. The molecule has 0 aromatic carbocycles. The number of hydrogen-bond acceptors (Lipinski definition) is 5. The van der Waals surface area contributed by atoms with Gasteiger partial charge in [0.25, 0.3) is 0 Å². The summed E-state index contributed by atoms with van der Waals surface area (Å²) in [5, 5.41) is 16.4. The molecule has 2 aromatic heterocycles. The van der Waals surface area contributed by atoms with Gasteiger partial charge >= 0.3 is 11.9 Å². The summed E-state index contributed by atoms with van der Waals surface area (Å²) in [7, 11) is 0. The van der Waals surface area contributed by atoms with Crippen LogP contribution in [0.3, 0.4) is 0 Å². The van der Waals surface area contributed by atoms with E-state index in [-0.39, 0.29) is 24.3 Å². The molecule has 0 fully saturated rings. The molecule has 0 atom stereocenters. The van der Waals surface area contributed by atoms with Gasteiger partial charge in [0.2, 0.25) is 5.91 Å². The molecule has 0 aliphatic carbocycles. The van der Waals surface area contributed by atoms with E-state index in [1.54, 1.807) is 0 Å². The lowest BCUT2D eigenvalue weighted by molar-refractivity contribution is -0.385. The molecule has 0 saturated carbocycles. The molecule has 0 unspecified atom stereocenters. The van der Waals surface area contributed by atoms with Crippen molar-refractivity contribution in [2.75, 3.05) is 0 Å². The molecule has 1 N–H and O–H groups in total. The molecule has 0 radical (unpaired) electrons. The number of carbonyl (C=O) groups excluding carboxylic acids is 1. The third kappa shape index (κ3) is 4.25. The van der Waals surface area contributed by atoms with Crippen LogP contribution < -0.4 is 5.32 Å². The van der Waals surface area contributed by atoms with Gasteiger partial charge in [-0.1, -0.05) is 0 Å². The Kier molecular flexibility index (Phi) is 4.57. The summed E-state index contributed by atoms with van der Waals surface area (Å²) in [6.45, 7) is -0.695. The predicted octanol–water partition coefficient (Wildman–Crippen LogP) is 1.52. The molecule has 0 spiro atoms. The van der Waals surface area contributed by atoms with Crippen molar-refractivity contribution in [2.45, 2.75) is 19.3 Å². The Morgan fingerprint density at radius 2 is 2.13 bits per heavy atom. The predicted molar refractivity (Wildman–Crippen MR) is 70.0 cm³/mol. The molecule has 0 aliphatic rings. The second-order valence-electron chi connectivity index (χ2n) is 4.46. The molecule has 2 rings (SSSR count). The van der Waals surface area contributed by atoms with E-state index in [4.69, 9.17) is 0 Å². The number of aromatic nitrogens is 3. The van der Waals surface area contributed by atoms with Gasteiger partial charge in [0, 0.05) is 18.9 Å². The second kappa shape index (κ2) is 6.42. The Balaban J connectivity index is 1.98. The fraction of sp³-hybridized carbons (Fsp3) is 0.250. The van der Waals surface area contributed by atoms with Gasteiger partial charge in [-0.05, 0) is 11.6 Å². The fourth-order valence-electron chi connectivity index (χ4n) is 1.76. The minimum absolute atomic E-state index is 0.132. The van der Waals surface area contributed by atoms with Crippen LogP contribution in [0.15, 0.2) is 30.9 Å². The Hall–Kier alpha value is -2.98. The van der Waals surface area contributed by atoms with Gasteiger partial charge < -0.3 is 5.32 Å². The molecule has 11 heteroatoms. The van der Waals surface area contributed by atoms with Crippen molar-refractivity contribution in [3.8, 4) is 0 Å². The standard InChI is InChI=1S/C12H10F3N5O3/c13-12(14,15)10-5-16-2-1-8(10)3-17-11(21)7-19-6-9(4-18-19)20(22)23/h1-2,4-6H,3,7H2,(H,17,21). The second-order valence-corrected chi connectivity index (χ2v) is 4.46. The SMILES string of the molecule is O=C(Cn1cc([N+](=O)[O-])cn1)NCc1ccncc1C(F)(F)F. The van der Waals surface area contributed by atoms with E-state index in [1.807, 2.05) is 0 Å². The highest BCUT2D eigenvalue weighted by molar-refractivity contribution is 5.75. The Bertz CT molecular complexity index is 729. The van der Waals surface area contributed by atoms with Crippen molar-refractivity contribution < 1.29 is 22.9 Å². The third-order valence-electron chi connectivity index (χ3n) is 2.83. The van der Waals surface area contributed by atoms with Crippen LogP contribution >= 0.6 is 0 Å². The minimum atomic E-state index is -4.57. The van der Waals surface area contributed by atoms with Crippen LogP contribution in [0.2, 0.25) is 0 Å². The topological polar surface area (TPSA) is 103 Å². The van der Waals surface area contributed by atoms with Crippen LogP contribution in [-0.2, 0) is 24.1 Å². The molecule has 2 heterocycles. The van der Waals surface area contributed by atoms with E-state index in [2.05, 4.69) is 15.4 Å². The molecule has 0 aliphatic heterocycles. The zero-order valence-corrected chi connectivity index (χ0v) is 11.4. The maximum absolute atomic E-state index is 12.8. The molecule has 1 amide bonds. The molecule has 2 aromatic rings. The van der Waals surface area contributed by atoms with Crippen molar-refractivity contribution in [3.05, 3.63) is 52.1 Å². The zero-order valence-electron chi connectivity index (χ0n) is 11.4. The number of amides is 1. The molecule has 0 saturated heterocycles. The normalized spacial score (nSPS) is 11.3. The van der Waals surface area contributed by atoms with Gasteiger partial charge in [-0.3, -0.25) is 24.6 Å². The summed E-state index contributed by atoms with van der Waals surface area (Å²) in [5.74, 6) is -0.632. The van der Waals surface area contributed by atoms with Gasteiger partial charge in [-0.25, -0.2) is 0 Å². The van der Waals surface area contributed by atoms with Crippen molar-refractivity contribution >= 4 is 11.6 Å². The van der Waals surface area contributed by atoms with E-state index < -0.39 is 22.6 Å². The molecule has 122 valence electrons. The highest BCUT2D eigenvalue weighted by atomic mass is 19.4.